The van der Waals surface area contributed by atoms with Gasteiger partial charge in [-0.25, -0.2) is 9.78 Å². The predicted molar refractivity (Wildman–Crippen MR) is 123 cm³/mol. The summed E-state index contributed by atoms with van der Waals surface area (Å²) in [7, 11) is 0. The highest BCUT2D eigenvalue weighted by Crippen LogP contribution is 2.39. The Morgan fingerprint density at radius 2 is 1.79 bits per heavy atom. The van der Waals surface area contributed by atoms with Gasteiger partial charge < -0.3 is 40.8 Å². The number of hydrogen-bond acceptors (Lipinski definition) is 10. The lowest BCUT2D eigenvalue weighted by Crippen LogP contribution is -2.44. The summed E-state index contributed by atoms with van der Waals surface area (Å²) in [6.07, 6.45) is -5.72. The van der Waals surface area contributed by atoms with E-state index in [9.17, 15) is 27.6 Å². The van der Waals surface area contributed by atoms with Crippen molar-refractivity contribution < 1.29 is 52.4 Å². The number of benzene rings is 1. The van der Waals surface area contributed by atoms with Crippen LogP contribution >= 0.6 is 0 Å². The lowest BCUT2D eigenvalue weighted by atomic mass is 9.96. The number of carbonyl (C=O) groups is 3. The summed E-state index contributed by atoms with van der Waals surface area (Å²) in [5, 5.41) is 37.5. The number of nitrogens with one attached hydrogen (secondary N) is 1. The van der Waals surface area contributed by atoms with Crippen molar-refractivity contribution in [3.05, 3.63) is 23.8 Å². The fourth-order valence-corrected chi connectivity index (χ4v) is 4.55. The average Bonchev–Trinajstić information content (AvgIpc) is 3.51. The highest BCUT2D eigenvalue weighted by molar-refractivity contribution is 6.06. The van der Waals surface area contributed by atoms with Crippen LogP contribution < -0.4 is 16.0 Å². The zero-order valence-electron chi connectivity index (χ0n) is 19.4. The van der Waals surface area contributed by atoms with E-state index in [0.29, 0.717) is 33.9 Å². The molecule has 7 N–H and O–H groups in total. The number of nitrogens with zero attached hydrogens (tertiary/aromatic N) is 3. The molecule has 0 spiro atoms. The zero-order valence-corrected chi connectivity index (χ0v) is 19.4. The number of aliphatic carboxylic acids is 3. The van der Waals surface area contributed by atoms with E-state index in [1.807, 2.05) is 0 Å². The highest BCUT2D eigenvalue weighted by Gasteiger charge is 2.41. The molecule has 0 saturated carbocycles. The van der Waals surface area contributed by atoms with Crippen LogP contribution in [0.15, 0.2) is 22.6 Å². The van der Waals surface area contributed by atoms with Gasteiger partial charge in [-0.2, -0.15) is 18.2 Å². The predicted octanol–water partition coefficient (Wildman–Crippen LogP) is 1.28. The molecule has 204 valence electrons. The molecular formula is C22H22F3N5O8. The maximum Gasteiger partial charge on any atom is 0.416 e. The number of anilines is 2. The smallest absolute Gasteiger partial charge is 0.416 e. The molecule has 2 unspecified atom stereocenters. The Labute approximate surface area is 210 Å². The number of furan rings is 1. The Hall–Kier alpha value is -4.18. The first kappa shape index (κ1) is 26.9. The molecule has 2 saturated heterocycles. The van der Waals surface area contributed by atoms with Gasteiger partial charge >= 0.3 is 24.1 Å². The second-order valence-electron chi connectivity index (χ2n) is 9.02. The minimum Gasteiger partial charge on any atom is -0.481 e. The second-order valence-corrected chi connectivity index (χ2v) is 9.02. The van der Waals surface area contributed by atoms with Crippen LogP contribution in [-0.4, -0.2) is 79.1 Å². The number of nitrogens with two attached hydrogens (primary N) is 1. The lowest BCUT2D eigenvalue weighted by Gasteiger charge is -2.28. The van der Waals surface area contributed by atoms with Gasteiger partial charge in [-0.1, -0.05) is 0 Å². The van der Waals surface area contributed by atoms with Crippen LogP contribution in [0, 0.1) is 0 Å². The number of nitrogen functional groups attached to an aromatic ring is 1. The lowest BCUT2D eigenvalue weighted by molar-refractivity contribution is -0.170. The van der Waals surface area contributed by atoms with E-state index in [4.69, 9.17) is 30.6 Å². The summed E-state index contributed by atoms with van der Waals surface area (Å²) in [5.74, 6) is -4.44. The summed E-state index contributed by atoms with van der Waals surface area (Å²) in [6, 6.07) is 4.04. The van der Waals surface area contributed by atoms with Crippen LogP contribution in [0.2, 0.25) is 0 Å². The molecule has 1 aromatic carbocycles. The van der Waals surface area contributed by atoms with Crippen molar-refractivity contribution in [2.45, 2.75) is 43.1 Å². The van der Waals surface area contributed by atoms with Crippen LogP contribution in [0.1, 0.15) is 24.8 Å². The fourth-order valence-electron chi connectivity index (χ4n) is 4.55. The molecule has 2 atom stereocenters. The van der Waals surface area contributed by atoms with Crippen molar-refractivity contribution >= 4 is 51.7 Å². The van der Waals surface area contributed by atoms with Crippen molar-refractivity contribution in [3.8, 4) is 0 Å². The number of halogens is 3. The Morgan fingerprint density at radius 1 is 1.13 bits per heavy atom. The maximum absolute atomic E-state index is 13.0. The van der Waals surface area contributed by atoms with Gasteiger partial charge in [0.05, 0.1) is 18.4 Å². The number of alkyl halides is 3. The van der Waals surface area contributed by atoms with Gasteiger partial charge in [0.15, 0.2) is 17.0 Å². The first-order chi connectivity index (χ1) is 17.7. The van der Waals surface area contributed by atoms with Gasteiger partial charge in [0.25, 0.3) is 0 Å². The molecule has 2 aliphatic heterocycles. The Bertz CT molecular complexity index is 1410. The Morgan fingerprint density at radius 3 is 2.29 bits per heavy atom. The fraction of sp³-hybridized carbons (Fsp3) is 0.409. The van der Waals surface area contributed by atoms with Gasteiger partial charge in [-0.3, -0.25) is 9.59 Å². The SMILES string of the molecule is Nc1nc(N2CC3CC2CN3)c2oc3ccc(C(F)(F)F)cc3c2n1.O=C(O)CC(O)(CC(=O)O)C(=O)O. The summed E-state index contributed by atoms with van der Waals surface area (Å²) in [5.41, 5.74) is 3.40. The molecule has 2 fully saturated rings. The molecule has 3 aromatic rings. The number of carboxylic acid groups (broad SMARTS) is 3. The van der Waals surface area contributed by atoms with Gasteiger partial charge in [-0.15, -0.1) is 0 Å². The largest absolute Gasteiger partial charge is 0.481 e. The minimum absolute atomic E-state index is 0.0262. The van der Waals surface area contributed by atoms with Crippen LogP contribution in [0.5, 0.6) is 0 Å². The van der Waals surface area contributed by atoms with Crippen molar-refractivity contribution in [2.24, 2.45) is 0 Å². The van der Waals surface area contributed by atoms with Crippen LogP contribution in [0.3, 0.4) is 0 Å². The summed E-state index contributed by atoms with van der Waals surface area (Å²) >= 11 is 0. The number of fused-ring (bicyclic) bond motifs is 5. The molecule has 2 bridgehead atoms. The molecule has 38 heavy (non-hydrogen) atoms. The van der Waals surface area contributed by atoms with Crippen molar-refractivity contribution in [1.29, 1.82) is 0 Å². The minimum atomic E-state index is -4.43. The topological polar surface area (TPSA) is 212 Å². The first-order valence-electron chi connectivity index (χ1n) is 11.1. The third-order valence-electron chi connectivity index (χ3n) is 6.25. The molecule has 5 rings (SSSR count). The maximum atomic E-state index is 13.0. The zero-order chi connectivity index (χ0) is 28.0. The van der Waals surface area contributed by atoms with E-state index in [1.165, 1.54) is 6.07 Å². The highest BCUT2D eigenvalue weighted by atomic mass is 19.4. The average molecular weight is 541 g/mol. The molecule has 2 aromatic heterocycles. The number of piperazine rings is 1. The van der Waals surface area contributed by atoms with E-state index >= 15 is 0 Å². The van der Waals surface area contributed by atoms with Gasteiger partial charge in [0.2, 0.25) is 5.95 Å². The standard InChI is InChI=1S/C16H14F3N5O.C6H8O7/c17-16(18,19)7-1-2-11-10(3-7)12-13(25-11)14(23-15(20)22-12)24-6-8-4-9(24)5-21-8;7-3(8)1-6(13,5(11)12)2-4(9)10/h1-3,8-9,21H,4-6H2,(H2,20,22,23);13H,1-2H2,(H,7,8)(H,9,10)(H,11,12). The number of aromatic nitrogens is 2. The van der Waals surface area contributed by atoms with Crippen LogP contribution in [0.4, 0.5) is 24.9 Å². The van der Waals surface area contributed by atoms with Crippen molar-refractivity contribution in [2.75, 3.05) is 23.7 Å². The van der Waals surface area contributed by atoms with Crippen LogP contribution in [0.25, 0.3) is 22.1 Å². The molecule has 0 aliphatic carbocycles. The van der Waals surface area contributed by atoms with E-state index in [2.05, 4.69) is 20.2 Å². The Kier molecular flexibility index (Phi) is 6.79. The molecule has 4 heterocycles. The van der Waals surface area contributed by atoms with Crippen LogP contribution in [-0.2, 0) is 20.6 Å². The number of rotatable bonds is 6. The first-order valence-corrected chi connectivity index (χ1v) is 11.1. The summed E-state index contributed by atoms with van der Waals surface area (Å²) < 4.78 is 44.9. The molecule has 0 radical (unpaired) electrons. The molecule has 16 heteroatoms. The van der Waals surface area contributed by atoms with Gasteiger partial charge in [0, 0.05) is 30.6 Å². The molecule has 13 nitrogen and oxygen atoms in total. The van der Waals surface area contributed by atoms with E-state index in [-0.39, 0.29) is 12.0 Å². The number of carboxylic acids is 3. The van der Waals surface area contributed by atoms with Gasteiger partial charge in [0.1, 0.15) is 11.1 Å². The molecule has 2 aliphatic rings. The molecular weight excluding hydrogens is 519 g/mol. The second kappa shape index (κ2) is 9.60. The third kappa shape index (κ3) is 5.26. The summed E-state index contributed by atoms with van der Waals surface area (Å²) in [4.78, 5) is 41.1. The quantitative estimate of drug-likeness (QED) is 0.260. The monoisotopic (exact) mass is 541 g/mol. The van der Waals surface area contributed by atoms with Gasteiger partial charge in [-0.05, 0) is 24.6 Å². The normalized spacial score (nSPS) is 19.0. The van der Waals surface area contributed by atoms with E-state index in [1.54, 1.807) is 0 Å². The number of aliphatic hydroxyl groups is 1. The molecule has 0 amide bonds. The van der Waals surface area contributed by atoms with E-state index < -0.39 is 48.1 Å². The van der Waals surface area contributed by atoms with Crippen molar-refractivity contribution in [3.63, 3.8) is 0 Å². The summed E-state index contributed by atoms with van der Waals surface area (Å²) in [6.45, 7) is 1.61. The van der Waals surface area contributed by atoms with E-state index in [0.717, 1.165) is 31.6 Å². The van der Waals surface area contributed by atoms with Crippen molar-refractivity contribution in [1.82, 2.24) is 15.3 Å². The number of hydrogen-bond donors (Lipinski definition) is 6. The Balaban J connectivity index is 0.000000222. The third-order valence-corrected chi connectivity index (χ3v) is 6.25.